The Morgan fingerprint density at radius 1 is 0.707 bits per heavy atom. The third-order valence-corrected chi connectivity index (χ3v) is 9.19. The van der Waals surface area contributed by atoms with Gasteiger partial charge in [-0.15, -0.1) is 11.6 Å². The van der Waals surface area contributed by atoms with Crippen molar-refractivity contribution >= 4 is 11.6 Å². The van der Waals surface area contributed by atoms with E-state index in [1.165, 1.54) is 66.9 Å². The molecule has 1 aliphatic heterocycles. The van der Waals surface area contributed by atoms with Gasteiger partial charge in [0.2, 0.25) is 0 Å². The number of fused-ring (bicyclic) bond motifs is 2. The molecule has 3 heterocycles. The molecule has 0 radical (unpaired) electrons. The van der Waals surface area contributed by atoms with Gasteiger partial charge in [-0.25, -0.2) is 9.36 Å². The number of rotatable bonds is 7. The van der Waals surface area contributed by atoms with E-state index in [2.05, 4.69) is 80.2 Å². The van der Waals surface area contributed by atoms with E-state index in [9.17, 15) is 0 Å². The summed E-state index contributed by atoms with van der Waals surface area (Å²) >= 11 is 5.90. The topological polar surface area (TPSA) is 48.1 Å². The van der Waals surface area contributed by atoms with Gasteiger partial charge in [0.05, 0.1) is 37.0 Å². The summed E-state index contributed by atoms with van der Waals surface area (Å²) in [5.74, 6) is 2.00. The first-order valence-electron chi connectivity index (χ1n) is 15.4. The van der Waals surface area contributed by atoms with E-state index in [4.69, 9.17) is 21.4 Å². The van der Waals surface area contributed by atoms with Gasteiger partial charge in [-0.05, 0) is 105 Å². The van der Waals surface area contributed by atoms with Crippen LogP contribution in [-0.2, 0) is 17.6 Å². The van der Waals surface area contributed by atoms with Crippen LogP contribution in [0.25, 0.3) is 11.4 Å². The Hall–Kier alpha value is -2.93. The second kappa shape index (κ2) is 13.8. The maximum Gasteiger partial charge on any atom is 0.0648 e. The van der Waals surface area contributed by atoms with Gasteiger partial charge in [0, 0.05) is 30.4 Å². The summed E-state index contributed by atoms with van der Waals surface area (Å²) in [7, 11) is 0. The first-order valence-corrected chi connectivity index (χ1v) is 16.0. The van der Waals surface area contributed by atoms with Gasteiger partial charge >= 0.3 is 0 Å². The molecule has 2 atom stereocenters. The normalized spacial score (nSPS) is 20.5. The molecule has 1 saturated heterocycles. The lowest BCUT2D eigenvalue weighted by molar-refractivity contribution is 0.0363. The predicted octanol–water partition coefficient (Wildman–Crippen LogP) is 6.94. The van der Waals surface area contributed by atoms with Gasteiger partial charge in [0.1, 0.15) is 0 Å². The van der Waals surface area contributed by atoms with Crippen molar-refractivity contribution in [1.82, 2.24) is 24.5 Å². The Bertz CT molecular complexity index is 1360. The van der Waals surface area contributed by atoms with Crippen molar-refractivity contribution in [3.05, 3.63) is 95.6 Å². The van der Waals surface area contributed by atoms with Crippen LogP contribution >= 0.6 is 11.6 Å². The fourth-order valence-electron chi connectivity index (χ4n) is 6.78. The van der Waals surface area contributed by atoms with Gasteiger partial charge in [-0.3, -0.25) is 4.90 Å². The molecule has 41 heavy (non-hydrogen) atoms. The smallest absolute Gasteiger partial charge is 0.0648 e. The molecule has 2 aromatic carbocycles. The quantitative estimate of drug-likeness (QED) is 0.226. The predicted molar refractivity (Wildman–Crippen MR) is 166 cm³/mol. The van der Waals surface area contributed by atoms with Crippen LogP contribution < -0.4 is 0 Å². The molecule has 0 spiro atoms. The van der Waals surface area contributed by atoms with Gasteiger partial charge in [0.15, 0.2) is 0 Å². The zero-order chi connectivity index (χ0) is 27.9. The molecule has 0 N–H and O–H groups in total. The van der Waals surface area contributed by atoms with Crippen molar-refractivity contribution in [1.29, 1.82) is 0 Å². The molecular weight excluding hydrogens is 530 g/mol. The Morgan fingerprint density at radius 3 is 1.73 bits per heavy atom. The second-order valence-electron chi connectivity index (χ2n) is 11.5. The van der Waals surface area contributed by atoms with Crippen LogP contribution in [0.4, 0.5) is 0 Å². The summed E-state index contributed by atoms with van der Waals surface area (Å²) in [6.07, 6.45) is 13.8. The molecule has 0 amide bonds. The Labute approximate surface area is 249 Å². The highest BCUT2D eigenvalue weighted by molar-refractivity contribution is 6.17. The molecule has 2 aliphatic carbocycles. The minimum absolute atomic E-state index is 0.601. The molecule has 2 unspecified atom stereocenters. The fraction of sp³-hybridized carbons (Fsp3) is 0.471. The lowest BCUT2D eigenvalue weighted by atomic mass is 9.84. The third-order valence-electron chi connectivity index (χ3n) is 8.97. The molecule has 0 saturated carbocycles. The number of hydrogen-bond acceptors (Lipinski definition) is 4. The molecule has 0 bridgehead atoms. The first kappa shape index (κ1) is 28.2. The summed E-state index contributed by atoms with van der Waals surface area (Å²) in [5, 5.41) is 9.27. The Kier molecular flexibility index (Phi) is 9.51. The van der Waals surface area contributed by atoms with Gasteiger partial charge < -0.3 is 4.74 Å². The fourth-order valence-corrected chi connectivity index (χ4v) is 7.04. The van der Waals surface area contributed by atoms with Crippen molar-refractivity contribution in [3.63, 3.8) is 0 Å². The van der Waals surface area contributed by atoms with E-state index < -0.39 is 0 Å². The highest BCUT2D eigenvalue weighted by Gasteiger charge is 2.26. The SMILES string of the molecule is ClCCC1CCCc2c1cnn2-c1ccccc1.c1ccc(-n2ncc3c2CCCC3CCN2CCOCC2)cc1. The van der Waals surface area contributed by atoms with Gasteiger partial charge in [-0.1, -0.05) is 36.4 Å². The number of benzene rings is 2. The van der Waals surface area contributed by atoms with Crippen LogP contribution in [0.2, 0.25) is 0 Å². The number of ether oxygens (including phenoxy) is 1. The van der Waals surface area contributed by atoms with Crippen molar-refractivity contribution in [2.75, 3.05) is 38.7 Å². The van der Waals surface area contributed by atoms with Crippen LogP contribution in [0.15, 0.2) is 73.1 Å². The maximum absolute atomic E-state index is 5.90. The largest absolute Gasteiger partial charge is 0.379 e. The Balaban J connectivity index is 0.000000152. The van der Waals surface area contributed by atoms with Gasteiger partial charge in [-0.2, -0.15) is 10.2 Å². The molecular formula is C34H42ClN5O. The molecule has 4 aromatic rings. The van der Waals surface area contributed by atoms with Crippen molar-refractivity contribution in [2.24, 2.45) is 0 Å². The highest BCUT2D eigenvalue weighted by atomic mass is 35.5. The summed E-state index contributed by atoms with van der Waals surface area (Å²) in [4.78, 5) is 2.54. The number of morpholine rings is 1. The summed E-state index contributed by atoms with van der Waals surface area (Å²) in [5.41, 5.74) is 8.03. The highest BCUT2D eigenvalue weighted by Crippen LogP contribution is 2.36. The first-order chi connectivity index (χ1) is 20.3. The maximum atomic E-state index is 5.90. The zero-order valence-corrected chi connectivity index (χ0v) is 24.8. The number of para-hydroxylation sites is 2. The summed E-state index contributed by atoms with van der Waals surface area (Å²) < 4.78 is 9.69. The average molecular weight is 572 g/mol. The standard InChI is InChI=1S/C19H25N3O.C15H17ClN2/c1-2-6-17(7-3-1)22-19-8-4-5-16(18(19)15-20-22)9-10-21-11-13-23-14-12-21;16-10-9-12-5-4-8-15-14(12)11-17-18(15)13-6-2-1-3-7-13/h1-3,6-7,15-16H,4-5,8-14H2;1-3,6-7,11-12H,4-5,8-10H2. The van der Waals surface area contributed by atoms with E-state index >= 15 is 0 Å². The van der Waals surface area contributed by atoms with Crippen molar-refractivity contribution in [3.8, 4) is 11.4 Å². The van der Waals surface area contributed by atoms with E-state index in [1.54, 1.807) is 0 Å². The minimum Gasteiger partial charge on any atom is -0.379 e. The van der Waals surface area contributed by atoms with E-state index in [0.29, 0.717) is 11.8 Å². The number of aromatic nitrogens is 4. The number of halogens is 1. The third kappa shape index (κ3) is 6.61. The number of hydrogen-bond donors (Lipinski definition) is 0. The molecule has 6 nitrogen and oxygen atoms in total. The van der Waals surface area contributed by atoms with Crippen LogP contribution in [-0.4, -0.2) is 63.2 Å². The summed E-state index contributed by atoms with van der Waals surface area (Å²) in [6.45, 7) is 5.14. The van der Waals surface area contributed by atoms with Crippen LogP contribution in [0.5, 0.6) is 0 Å². The molecule has 3 aliphatic rings. The van der Waals surface area contributed by atoms with Crippen molar-refractivity contribution < 1.29 is 4.74 Å². The molecule has 216 valence electrons. The number of alkyl halides is 1. The number of nitrogens with zero attached hydrogens (tertiary/aromatic N) is 5. The van der Waals surface area contributed by atoms with Crippen LogP contribution in [0.3, 0.4) is 0 Å². The van der Waals surface area contributed by atoms with E-state index in [0.717, 1.165) is 57.1 Å². The lowest BCUT2D eigenvalue weighted by Crippen LogP contribution is -2.37. The second-order valence-corrected chi connectivity index (χ2v) is 11.9. The Morgan fingerprint density at radius 2 is 1.22 bits per heavy atom. The average Bonchev–Trinajstić information content (AvgIpc) is 3.68. The van der Waals surface area contributed by atoms with Crippen molar-refractivity contribution in [2.45, 2.75) is 63.2 Å². The van der Waals surface area contributed by atoms with Crippen LogP contribution in [0.1, 0.15) is 72.9 Å². The van der Waals surface area contributed by atoms with Crippen LogP contribution in [0, 0.1) is 0 Å². The molecule has 7 heteroatoms. The van der Waals surface area contributed by atoms with Gasteiger partial charge in [0.25, 0.3) is 0 Å². The van der Waals surface area contributed by atoms with E-state index in [1.807, 2.05) is 12.3 Å². The van der Waals surface area contributed by atoms with E-state index in [-0.39, 0.29) is 0 Å². The molecule has 7 rings (SSSR count). The molecule has 2 aromatic heterocycles. The lowest BCUT2D eigenvalue weighted by Gasteiger charge is -2.29. The monoisotopic (exact) mass is 571 g/mol. The molecule has 1 fully saturated rings. The zero-order valence-electron chi connectivity index (χ0n) is 24.0. The minimum atomic E-state index is 0.601. The summed E-state index contributed by atoms with van der Waals surface area (Å²) in [6, 6.07) is 20.9.